The summed E-state index contributed by atoms with van der Waals surface area (Å²) < 4.78 is 6.37. The summed E-state index contributed by atoms with van der Waals surface area (Å²) in [6.45, 7) is 2.59. The maximum Gasteiger partial charge on any atom is 0.419 e. The van der Waals surface area contributed by atoms with Crippen LogP contribution < -0.4 is 0 Å². The first-order valence-corrected chi connectivity index (χ1v) is 4.85. The van der Waals surface area contributed by atoms with Gasteiger partial charge in [-0.25, -0.2) is 4.79 Å². The lowest BCUT2D eigenvalue weighted by molar-refractivity contribution is 0.131. The second kappa shape index (κ2) is 8.71. The van der Waals surface area contributed by atoms with Crippen LogP contribution in [0.25, 0.3) is 0 Å². The summed E-state index contributed by atoms with van der Waals surface area (Å²) in [7, 11) is 1.69. The molecule has 0 aliphatic heterocycles. The molecule has 0 bridgehead atoms. The average Bonchev–Trinajstić information content (AvgIpc) is 2.03. The van der Waals surface area contributed by atoms with Crippen molar-refractivity contribution < 1.29 is 9.53 Å². The van der Waals surface area contributed by atoms with Crippen molar-refractivity contribution in [1.82, 2.24) is 4.31 Å². The van der Waals surface area contributed by atoms with Gasteiger partial charge in [-0.1, -0.05) is 20.8 Å². The molecule has 0 aromatic rings. The van der Waals surface area contributed by atoms with Gasteiger partial charge in [0.25, 0.3) is 0 Å². The molecule has 0 spiro atoms. The molecule has 0 radical (unpaired) electrons. The molecule has 0 aliphatic rings. The van der Waals surface area contributed by atoms with Crippen molar-refractivity contribution in [3.8, 4) is 0 Å². The summed E-state index contributed by atoms with van der Waals surface area (Å²) in [4.78, 5) is 10.9. The van der Waals surface area contributed by atoms with Gasteiger partial charge in [0.15, 0.2) is 0 Å². The zero-order chi connectivity index (χ0) is 8.69. The molecular formula is C8H19NO2S. The summed E-state index contributed by atoms with van der Waals surface area (Å²) in [6.07, 6.45) is 3.57. The standard InChI is InChI=1S/C7H15NO2S.CH4/c1-4-5-6-10-7(9)8(2)11-3;/h4-6H2,1-3H3;1H4. The van der Waals surface area contributed by atoms with Gasteiger partial charge in [-0.2, -0.15) is 0 Å². The van der Waals surface area contributed by atoms with Gasteiger partial charge < -0.3 is 4.74 Å². The van der Waals surface area contributed by atoms with Gasteiger partial charge in [0, 0.05) is 13.3 Å². The van der Waals surface area contributed by atoms with Crippen molar-refractivity contribution >= 4 is 18.0 Å². The van der Waals surface area contributed by atoms with Gasteiger partial charge in [0.05, 0.1) is 6.61 Å². The molecule has 74 valence electrons. The Morgan fingerprint density at radius 2 is 2.17 bits per heavy atom. The first-order valence-electron chi connectivity index (χ1n) is 3.67. The van der Waals surface area contributed by atoms with Crippen LogP contribution in [0.5, 0.6) is 0 Å². The molecule has 0 rings (SSSR count). The second-order valence-corrected chi connectivity index (χ2v) is 3.06. The molecule has 12 heavy (non-hydrogen) atoms. The molecule has 3 nitrogen and oxygen atoms in total. The van der Waals surface area contributed by atoms with E-state index in [0.29, 0.717) is 6.61 Å². The van der Waals surface area contributed by atoms with Crippen molar-refractivity contribution in [2.45, 2.75) is 27.2 Å². The Labute approximate surface area is 79.6 Å². The van der Waals surface area contributed by atoms with Crippen molar-refractivity contribution in [1.29, 1.82) is 0 Å². The molecule has 0 unspecified atom stereocenters. The fraction of sp³-hybridized carbons (Fsp3) is 0.875. The third-order valence-electron chi connectivity index (χ3n) is 1.25. The van der Waals surface area contributed by atoms with Crippen LogP contribution in [-0.4, -0.2) is 30.3 Å². The molecule has 0 saturated heterocycles. The van der Waals surface area contributed by atoms with E-state index in [9.17, 15) is 4.79 Å². The number of amides is 1. The minimum absolute atomic E-state index is 0. The first kappa shape index (κ1) is 14.2. The van der Waals surface area contributed by atoms with Gasteiger partial charge in [0.1, 0.15) is 0 Å². The predicted molar refractivity (Wildman–Crippen MR) is 54.3 cm³/mol. The Balaban J connectivity index is 0. The zero-order valence-electron chi connectivity index (χ0n) is 7.29. The molecule has 0 N–H and O–H groups in total. The van der Waals surface area contributed by atoms with Crippen LogP contribution in [0.3, 0.4) is 0 Å². The Kier molecular flexibility index (Phi) is 10.3. The lowest BCUT2D eigenvalue weighted by Gasteiger charge is -2.12. The summed E-state index contributed by atoms with van der Waals surface area (Å²) in [5, 5.41) is 0. The highest BCUT2D eigenvalue weighted by atomic mass is 32.2. The SMILES string of the molecule is C.CCCCOC(=O)N(C)SC. The van der Waals surface area contributed by atoms with Crippen molar-refractivity contribution in [3.05, 3.63) is 0 Å². The van der Waals surface area contributed by atoms with E-state index in [1.165, 1.54) is 16.3 Å². The number of ether oxygens (including phenoxy) is 1. The van der Waals surface area contributed by atoms with E-state index in [1.807, 2.05) is 6.26 Å². The third-order valence-corrected chi connectivity index (χ3v) is 1.95. The second-order valence-electron chi connectivity index (χ2n) is 2.15. The van der Waals surface area contributed by atoms with Crippen LogP contribution in [0.15, 0.2) is 0 Å². The maximum absolute atomic E-state index is 10.9. The highest BCUT2D eigenvalue weighted by molar-refractivity contribution is 7.96. The minimum atomic E-state index is -0.258. The van der Waals surface area contributed by atoms with Crippen molar-refractivity contribution in [2.24, 2.45) is 0 Å². The molecule has 0 heterocycles. The molecule has 0 fully saturated rings. The Hall–Kier alpha value is -0.380. The lowest BCUT2D eigenvalue weighted by atomic mass is 10.4. The predicted octanol–water partition coefficient (Wildman–Crippen LogP) is 2.77. The molecule has 1 amide bonds. The normalized spacial score (nSPS) is 8.58. The molecule has 0 saturated carbocycles. The number of unbranched alkanes of at least 4 members (excludes halogenated alkanes) is 1. The lowest BCUT2D eigenvalue weighted by Crippen LogP contribution is -2.20. The van der Waals surface area contributed by atoms with E-state index in [4.69, 9.17) is 4.74 Å². The molecule has 0 aromatic heterocycles. The third kappa shape index (κ3) is 6.34. The van der Waals surface area contributed by atoms with Crippen molar-refractivity contribution in [2.75, 3.05) is 19.9 Å². The fourth-order valence-electron chi connectivity index (χ4n) is 0.469. The number of hydrogen-bond acceptors (Lipinski definition) is 3. The monoisotopic (exact) mass is 193 g/mol. The molecule has 0 atom stereocenters. The Morgan fingerprint density at radius 3 is 2.58 bits per heavy atom. The van der Waals surface area contributed by atoms with Gasteiger partial charge >= 0.3 is 6.09 Å². The van der Waals surface area contributed by atoms with Crippen LogP contribution >= 0.6 is 11.9 Å². The van der Waals surface area contributed by atoms with Crippen molar-refractivity contribution in [3.63, 3.8) is 0 Å². The van der Waals surface area contributed by atoms with E-state index in [0.717, 1.165) is 12.8 Å². The summed E-state index contributed by atoms with van der Waals surface area (Å²) in [6, 6.07) is 0. The number of hydrogen-bond donors (Lipinski definition) is 0. The quantitative estimate of drug-likeness (QED) is 0.508. The fourth-order valence-corrected chi connectivity index (χ4v) is 0.671. The van der Waals surface area contributed by atoms with E-state index >= 15 is 0 Å². The van der Waals surface area contributed by atoms with Crippen LogP contribution in [-0.2, 0) is 4.74 Å². The summed E-state index contributed by atoms with van der Waals surface area (Å²) in [5.41, 5.74) is 0. The minimum Gasteiger partial charge on any atom is -0.449 e. The van der Waals surface area contributed by atoms with E-state index in [1.54, 1.807) is 7.05 Å². The maximum atomic E-state index is 10.9. The largest absolute Gasteiger partial charge is 0.449 e. The Bertz CT molecular complexity index is 120. The highest BCUT2D eigenvalue weighted by Crippen LogP contribution is 2.03. The van der Waals surface area contributed by atoms with Gasteiger partial charge in [0.2, 0.25) is 0 Å². The van der Waals surface area contributed by atoms with Gasteiger partial charge in [-0.05, 0) is 18.4 Å². The van der Waals surface area contributed by atoms with E-state index in [2.05, 4.69) is 6.92 Å². The first-order chi connectivity index (χ1) is 5.22. The molecule has 0 aliphatic carbocycles. The zero-order valence-corrected chi connectivity index (χ0v) is 8.11. The molecule has 4 heteroatoms. The Morgan fingerprint density at radius 1 is 1.58 bits per heavy atom. The van der Waals surface area contributed by atoms with Crippen LogP contribution in [0.2, 0.25) is 0 Å². The number of rotatable bonds is 4. The van der Waals surface area contributed by atoms with Gasteiger partial charge in [-0.3, -0.25) is 4.31 Å². The highest BCUT2D eigenvalue weighted by Gasteiger charge is 2.06. The molecular weight excluding hydrogens is 174 g/mol. The number of nitrogens with zero attached hydrogens (tertiary/aromatic N) is 1. The number of carbonyl (C=O) groups is 1. The summed E-state index contributed by atoms with van der Waals surface area (Å²) in [5.74, 6) is 0. The van der Waals surface area contributed by atoms with Crippen LogP contribution in [0, 0.1) is 0 Å². The van der Waals surface area contributed by atoms with Gasteiger partial charge in [-0.15, -0.1) is 0 Å². The topological polar surface area (TPSA) is 29.5 Å². The molecule has 0 aromatic carbocycles. The summed E-state index contributed by atoms with van der Waals surface area (Å²) >= 11 is 1.35. The number of carbonyl (C=O) groups excluding carboxylic acids is 1. The van der Waals surface area contributed by atoms with E-state index < -0.39 is 0 Å². The average molecular weight is 193 g/mol. The van der Waals surface area contributed by atoms with E-state index in [-0.39, 0.29) is 13.5 Å². The smallest absolute Gasteiger partial charge is 0.419 e. The van der Waals surface area contributed by atoms with Crippen LogP contribution in [0.1, 0.15) is 27.2 Å². The van der Waals surface area contributed by atoms with Crippen LogP contribution in [0.4, 0.5) is 4.79 Å².